The van der Waals surface area contributed by atoms with Crippen LogP contribution in [-0.4, -0.2) is 160 Å². The van der Waals surface area contributed by atoms with Crippen LogP contribution in [0, 0.1) is 29.6 Å². The third-order valence-electron chi connectivity index (χ3n) is 14.4. The Kier molecular flexibility index (Phi) is 30.7. The predicted octanol–water partition coefficient (Wildman–Crippen LogP) is 0.164. The highest BCUT2D eigenvalue weighted by molar-refractivity contribution is 5.99. The first-order valence-corrected chi connectivity index (χ1v) is 29.3. The van der Waals surface area contributed by atoms with Crippen LogP contribution in [0.2, 0.25) is 0 Å². The summed E-state index contributed by atoms with van der Waals surface area (Å²) in [5.41, 5.74) is 11.8. The van der Waals surface area contributed by atoms with Gasteiger partial charge in [0.1, 0.15) is 66.2 Å². The quantitative estimate of drug-likeness (QED) is 0.0403. The molecule has 1 saturated heterocycles. The molecule has 0 aromatic heterocycles. The van der Waals surface area contributed by atoms with Gasteiger partial charge in [-0.3, -0.25) is 52.7 Å². The lowest BCUT2D eigenvalue weighted by atomic mass is 9.95. The van der Waals surface area contributed by atoms with Gasteiger partial charge in [0.25, 0.3) is 0 Å². The number of nitrogens with two attached hydrogens (primary N) is 2. The minimum atomic E-state index is -1.57. The zero-order chi connectivity index (χ0) is 63.0. The number of aromatic hydroxyl groups is 1. The molecule has 1 aromatic rings. The van der Waals surface area contributed by atoms with E-state index in [-0.39, 0.29) is 74.6 Å². The van der Waals surface area contributed by atoms with Gasteiger partial charge >= 0.3 is 0 Å². The third kappa shape index (κ3) is 24.5. The van der Waals surface area contributed by atoms with Gasteiger partial charge in [-0.15, -0.1) is 0 Å². The maximum absolute atomic E-state index is 14.7. The molecule has 2 rings (SSSR count). The van der Waals surface area contributed by atoms with Crippen LogP contribution in [0.3, 0.4) is 0 Å². The number of nitrogens with zero attached hydrogens (tertiary/aromatic N) is 1. The highest BCUT2D eigenvalue weighted by atomic mass is 16.3. The number of unbranched alkanes of at least 4 members (excludes halogenated alkanes) is 1. The number of primary amides is 1. The Morgan fingerprint density at radius 2 is 1.05 bits per heavy atom. The summed E-state index contributed by atoms with van der Waals surface area (Å²) in [5.74, 6) is -9.10. The number of carbonyl (C=O) groups excluding carboxylic acids is 11. The van der Waals surface area contributed by atoms with Gasteiger partial charge in [0.15, 0.2) is 0 Å². The van der Waals surface area contributed by atoms with Gasteiger partial charge in [-0.05, 0) is 119 Å². The van der Waals surface area contributed by atoms with Gasteiger partial charge in [0.05, 0.1) is 6.10 Å². The number of hydrogen-bond acceptors (Lipinski definition) is 14. The van der Waals surface area contributed by atoms with Crippen molar-refractivity contribution in [3.63, 3.8) is 0 Å². The zero-order valence-corrected chi connectivity index (χ0v) is 51.0. The SMILES string of the molecule is CC[C@H](C)[C@H](NC(=O)[C@H](CC(C)C)NC(=O)[C@H](Cc1ccc(O)cc1)NC(=O)[C@H](CCCCN)NC(=O)[C@H](CC(C)C)NC(=O)[C@H](C)NC(=O)[C@H](CC(C)C)NC(C)=O)C(=O)N[C@H](C(=O)N1CCC[C@H]1C(=O)N[C@H](C(N)=O)C(C)C)[C@@H](C)O. The fourth-order valence-electron chi connectivity index (χ4n) is 9.57. The monoisotopic (exact) mass is 1170 g/mol. The summed E-state index contributed by atoms with van der Waals surface area (Å²) in [6.07, 6.45) is 0.740. The number of nitrogens with one attached hydrogen (secondary N) is 9. The Morgan fingerprint density at radius 1 is 0.578 bits per heavy atom. The Labute approximate surface area is 489 Å². The van der Waals surface area contributed by atoms with E-state index in [0.29, 0.717) is 37.7 Å². The van der Waals surface area contributed by atoms with Gasteiger partial charge < -0.3 is 74.4 Å². The number of rotatable bonds is 35. The standard InChI is InChI=1S/C58H98N12O13/c1-14-34(10)47(57(82)69-48(36(12)71)58(83)70-25-17-19-45(70)56(81)67-46(33(8)9)49(60)74)68-55(80)43(28-32(6)7)65-54(79)44(29-38-20-22-39(73)23-21-38)66-51(76)40(18-15-16-24-59)63-53(78)42(27-31(4)5)64-50(75)35(11)61-52(77)41(26-30(2)3)62-37(13)72/h20-23,30-36,40-48,71,73H,14-19,24-29,59H2,1-13H3,(H2,60,74)(H,61,77)(H,62,72)(H,63,78)(H,64,75)(H,65,79)(H,66,76)(H,67,81)(H,68,80)(H,69,82)/t34-,35-,36+,40-,41-,42-,43-,44-,45-,46-,47-,48-/m0/s1. The van der Waals surface area contributed by atoms with Gasteiger partial charge in [0, 0.05) is 19.9 Å². The molecule has 1 aliphatic heterocycles. The molecule has 1 heterocycles. The molecule has 25 nitrogen and oxygen atoms in total. The average Bonchev–Trinajstić information content (AvgIpc) is 4.05. The third-order valence-corrected chi connectivity index (χ3v) is 14.4. The van der Waals surface area contributed by atoms with Gasteiger partial charge in [-0.25, -0.2) is 0 Å². The number of hydrogen-bond donors (Lipinski definition) is 13. The fourth-order valence-corrected chi connectivity index (χ4v) is 9.57. The van der Waals surface area contributed by atoms with Crippen molar-refractivity contribution in [2.45, 2.75) is 221 Å². The molecule has 1 aromatic carbocycles. The number of aliphatic hydroxyl groups is 1. The summed E-state index contributed by atoms with van der Waals surface area (Å²) in [6, 6.07) is -6.29. The van der Waals surface area contributed by atoms with Gasteiger partial charge in [-0.2, -0.15) is 0 Å². The molecule has 0 bridgehead atoms. The Balaban J connectivity index is 2.48. The molecule has 0 radical (unpaired) electrons. The average molecular weight is 1170 g/mol. The van der Waals surface area contributed by atoms with E-state index >= 15 is 0 Å². The molecule has 12 atom stereocenters. The first-order valence-electron chi connectivity index (χ1n) is 29.3. The normalized spacial score (nSPS) is 17.3. The summed E-state index contributed by atoms with van der Waals surface area (Å²) in [6.45, 7) is 22.3. The molecule has 1 aliphatic rings. The molecule has 0 saturated carbocycles. The minimum absolute atomic E-state index is 0.0342. The van der Waals surface area contributed by atoms with Crippen LogP contribution in [0.1, 0.15) is 153 Å². The molecule has 0 unspecified atom stereocenters. The topological polar surface area (TPSA) is 392 Å². The van der Waals surface area contributed by atoms with Crippen molar-refractivity contribution < 1.29 is 63.0 Å². The summed E-state index contributed by atoms with van der Waals surface area (Å²) >= 11 is 0. The first kappa shape index (κ1) is 72.2. The van der Waals surface area contributed by atoms with Crippen molar-refractivity contribution in [3.05, 3.63) is 29.8 Å². The number of carbonyl (C=O) groups is 11. The van der Waals surface area contributed by atoms with Gasteiger partial charge in [0.2, 0.25) is 65.0 Å². The molecule has 15 N–H and O–H groups in total. The maximum Gasteiger partial charge on any atom is 0.248 e. The van der Waals surface area contributed by atoms with Crippen LogP contribution < -0.4 is 59.3 Å². The lowest BCUT2D eigenvalue weighted by Crippen LogP contribution is -2.63. The lowest BCUT2D eigenvalue weighted by molar-refractivity contribution is -0.145. The summed E-state index contributed by atoms with van der Waals surface area (Å²) < 4.78 is 0. The van der Waals surface area contributed by atoms with Crippen LogP contribution in [0.5, 0.6) is 5.75 Å². The van der Waals surface area contributed by atoms with Crippen LogP contribution >= 0.6 is 0 Å². The maximum atomic E-state index is 14.7. The van der Waals surface area contributed by atoms with E-state index in [2.05, 4.69) is 47.9 Å². The lowest BCUT2D eigenvalue weighted by Gasteiger charge is -2.33. The van der Waals surface area contributed by atoms with Crippen LogP contribution in [0.4, 0.5) is 0 Å². The highest BCUT2D eigenvalue weighted by Gasteiger charge is 2.42. The van der Waals surface area contributed by atoms with E-state index < -0.39 is 137 Å². The number of amides is 11. The second-order valence-corrected chi connectivity index (χ2v) is 23.7. The van der Waals surface area contributed by atoms with Crippen molar-refractivity contribution in [3.8, 4) is 5.75 Å². The van der Waals surface area contributed by atoms with Crippen LogP contribution in [0.25, 0.3) is 0 Å². The minimum Gasteiger partial charge on any atom is -0.508 e. The summed E-state index contributed by atoms with van der Waals surface area (Å²) in [5, 5.41) is 45.2. The zero-order valence-electron chi connectivity index (χ0n) is 51.0. The molecule has 11 amide bonds. The molecular weight excluding hydrogens is 1070 g/mol. The second kappa shape index (κ2) is 35.3. The van der Waals surface area contributed by atoms with E-state index in [0.717, 1.165) is 0 Å². The van der Waals surface area contributed by atoms with E-state index in [1.165, 1.54) is 37.8 Å². The molecular formula is C58H98N12O13. The van der Waals surface area contributed by atoms with E-state index in [9.17, 15) is 63.0 Å². The van der Waals surface area contributed by atoms with Crippen molar-refractivity contribution in [2.24, 2.45) is 41.1 Å². The van der Waals surface area contributed by atoms with E-state index in [1.807, 2.05) is 27.7 Å². The molecule has 0 spiro atoms. The summed E-state index contributed by atoms with van der Waals surface area (Å²) in [7, 11) is 0. The first-order chi connectivity index (χ1) is 38.8. The number of phenols is 1. The van der Waals surface area contributed by atoms with Crippen LogP contribution in [-0.2, 0) is 59.2 Å². The number of likely N-dealkylation sites (tertiary alicyclic amines) is 1. The summed E-state index contributed by atoms with van der Waals surface area (Å²) in [4.78, 5) is 152. The van der Waals surface area contributed by atoms with Crippen molar-refractivity contribution in [1.29, 1.82) is 0 Å². The number of phenolic OH excluding ortho intramolecular Hbond substituents is 1. The smallest absolute Gasteiger partial charge is 0.248 e. The van der Waals surface area contributed by atoms with E-state index in [4.69, 9.17) is 11.5 Å². The Morgan fingerprint density at radius 3 is 1.54 bits per heavy atom. The predicted molar refractivity (Wildman–Crippen MR) is 312 cm³/mol. The van der Waals surface area contributed by atoms with E-state index in [1.54, 1.807) is 53.7 Å². The molecule has 25 heteroatoms. The number of benzene rings is 1. The Bertz CT molecular complexity index is 2350. The van der Waals surface area contributed by atoms with Crippen molar-refractivity contribution >= 4 is 65.0 Å². The highest BCUT2D eigenvalue weighted by Crippen LogP contribution is 2.22. The largest absolute Gasteiger partial charge is 0.508 e. The molecule has 83 heavy (non-hydrogen) atoms. The fraction of sp³-hybridized carbons (Fsp3) is 0.707. The van der Waals surface area contributed by atoms with Gasteiger partial charge in [-0.1, -0.05) is 87.8 Å². The van der Waals surface area contributed by atoms with Crippen molar-refractivity contribution in [1.82, 2.24) is 52.8 Å². The Hall–Kier alpha value is -6.89. The molecule has 0 aliphatic carbocycles. The molecule has 1 fully saturated rings. The molecule has 468 valence electrons. The van der Waals surface area contributed by atoms with Crippen LogP contribution in [0.15, 0.2) is 24.3 Å². The second-order valence-electron chi connectivity index (χ2n) is 23.7. The number of aliphatic hydroxyl groups excluding tert-OH is 1. The van der Waals surface area contributed by atoms with Crippen molar-refractivity contribution in [2.75, 3.05) is 13.1 Å².